The summed E-state index contributed by atoms with van der Waals surface area (Å²) in [6, 6.07) is 18.6. The zero-order valence-electron chi connectivity index (χ0n) is 15.7. The smallest absolute Gasteiger partial charge is 0.417 e. The number of aryl methyl sites for hydroxylation is 1. The number of hydrogen-bond acceptors (Lipinski definition) is 4. The lowest BCUT2D eigenvalue weighted by atomic mass is 10.0. The lowest BCUT2D eigenvalue weighted by Crippen LogP contribution is -2.16. The van der Waals surface area contributed by atoms with E-state index in [0.717, 1.165) is 5.56 Å². The Labute approximate surface area is 181 Å². The minimum atomic E-state index is -0.715. The molecule has 1 heterocycles. The monoisotopic (exact) mass is 439 g/mol. The number of carbonyl (C=O) groups is 1. The van der Waals surface area contributed by atoms with Crippen molar-refractivity contribution in [2.75, 3.05) is 5.32 Å². The van der Waals surface area contributed by atoms with E-state index >= 15 is 0 Å². The molecule has 0 unspecified atom stereocenters. The molecule has 1 N–H and O–H groups in total. The summed E-state index contributed by atoms with van der Waals surface area (Å²) in [6.45, 7) is 1.73. The number of ether oxygens (including phenoxy) is 1. The van der Waals surface area contributed by atoms with Crippen LogP contribution in [0.4, 0.5) is 10.5 Å². The van der Waals surface area contributed by atoms with Crippen LogP contribution in [0.1, 0.15) is 5.76 Å². The van der Waals surface area contributed by atoms with Crippen molar-refractivity contribution in [1.82, 2.24) is 0 Å². The second kappa shape index (κ2) is 8.22. The second-order valence-corrected chi connectivity index (χ2v) is 7.34. The summed E-state index contributed by atoms with van der Waals surface area (Å²) < 4.78 is 11.2. The molecule has 0 saturated carbocycles. The molecule has 0 atom stereocenters. The van der Waals surface area contributed by atoms with Gasteiger partial charge in [-0.15, -0.1) is 0 Å². The van der Waals surface area contributed by atoms with E-state index in [-0.39, 0.29) is 11.2 Å². The molecule has 1 aromatic heterocycles. The Morgan fingerprint density at radius 1 is 0.967 bits per heavy atom. The fraction of sp³-hybridized carbons (Fsp3) is 0.0435. The highest BCUT2D eigenvalue weighted by molar-refractivity contribution is 6.42. The van der Waals surface area contributed by atoms with Gasteiger partial charge in [0.2, 0.25) is 5.43 Å². The van der Waals surface area contributed by atoms with Crippen molar-refractivity contribution < 1.29 is 13.9 Å². The van der Waals surface area contributed by atoms with Crippen molar-refractivity contribution in [2.45, 2.75) is 6.92 Å². The standard InChI is InChI=1S/C23H15Cl2NO4/c1-13-21(14-5-3-2-4-6-14)22(27)17-9-8-16(12-20(17)29-13)30-23(28)26-15-7-10-18(24)19(25)11-15/h2-12H,1H3,(H,26,28). The van der Waals surface area contributed by atoms with Crippen LogP contribution in [-0.2, 0) is 0 Å². The summed E-state index contributed by atoms with van der Waals surface area (Å²) in [5.41, 5.74) is 1.91. The highest BCUT2D eigenvalue weighted by Gasteiger charge is 2.15. The van der Waals surface area contributed by atoms with Crippen LogP contribution in [-0.4, -0.2) is 6.09 Å². The van der Waals surface area contributed by atoms with Gasteiger partial charge in [0.1, 0.15) is 17.1 Å². The average Bonchev–Trinajstić information content (AvgIpc) is 2.71. The van der Waals surface area contributed by atoms with Gasteiger partial charge in [0, 0.05) is 11.8 Å². The Kier molecular flexibility index (Phi) is 5.48. The van der Waals surface area contributed by atoms with Crippen LogP contribution in [0.2, 0.25) is 10.0 Å². The molecule has 0 fully saturated rings. The Morgan fingerprint density at radius 3 is 2.47 bits per heavy atom. The summed E-state index contributed by atoms with van der Waals surface area (Å²) in [5.74, 6) is 0.714. The van der Waals surface area contributed by atoms with Crippen LogP contribution in [0.3, 0.4) is 0 Å². The molecular weight excluding hydrogens is 425 g/mol. The van der Waals surface area contributed by atoms with E-state index in [1.165, 1.54) is 18.2 Å². The molecule has 30 heavy (non-hydrogen) atoms. The normalized spacial score (nSPS) is 10.8. The van der Waals surface area contributed by atoms with Gasteiger partial charge in [-0.05, 0) is 42.8 Å². The van der Waals surface area contributed by atoms with Crippen molar-refractivity contribution in [3.63, 3.8) is 0 Å². The molecule has 7 heteroatoms. The van der Waals surface area contributed by atoms with Gasteiger partial charge >= 0.3 is 6.09 Å². The van der Waals surface area contributed by atoms with Crippen LogP contribution in [0.25, 0.3) is 22.1 Å². The number of hydrogen-bond donors (Lipinski definition) is 1. The molecule has 0 saturated heterocycles. The summed E-state index contributed by atoms with van der Waals surface area (Å²) >= 11 is 11.8. The third kappa shape index (κ3) is 4.03. The second-order valence-electron chi connectivity index (χ2n) is 6.53. The molecule has 3 aromatic carbocycles. The molecule has 0 aliphatic heterocycles. The van der Waals surface area contributed by atoms with E-state index < -0.39 is 6.09 Å². The topological polar surface area (TPSA) is 68.5 Å². The molecule has 0 aliphatic carbocycles. The van der Waals surface area contributed by atoms with Gasteiger partial charge in [-0.1, -0.05) is 53.5 Å². The maximum absolute atomic E-state index is 13.0. The summed E-state index contributed by atoms with van der Waals surface area (Å²) in [4.78, 5) is 25.2. The Balaban J connectivity index is 1.61. The predicted molar refractivity (Wildman–Crippen MR) is 119 cm³/mol. The number of nitrogens with one attached hydrogen (secondary N) is 1. The number of amides is 1. The lowest BCUT2D eigenvalue weighted by Gasteiger charge is -2.10. The summed E-state index contributed by atoms with van der Waals surface area (Å²) in [6.07, 6.45) is -0.715. The molecule has 4 aromatic rings. The van der Waals surface area contributed by atoms with Crippen LogP contribution < -0.4 is 15.5 Å². The molecule has 4 rings (SSSR count). The van der Waals surface area contributed by atoms with Crippen LogP contribution >= 0.6 is 23.2 Å². The first-order valence-corrected chi connectivity index (χ1v) is 9.75. The van der Waals surface area contributed by atoms with E-state index in [1.54, 1.807) is 25.1 Å². The SMILES string of the molecule is Cc1oc2cc(OC(=O)Nc3ccc(Cl)c(Cl)c3)ccc2c(=O)c1-c1ccccc1. The molecule has 0 aliphatic rings. The van der Waals surface area contributed by atoms with E-state index in [2.05, 4.69) is 5.32 Å². The van der Waals surface area contributed by atoms with Gasteiger partial charge < -0.3 is 9.15 Å². The van der Waals surface area contributed by atoms with E-state index in [4.69, 9.17) is 32.4 Å². The zero-order chi connectivity index (χ0) is 21.3. The van der Waals surface area contributed by atoms with Gasteiger partial charge in [-0.2, -0.15) is 0 Å². The van der Waals surface area contributed by atoms with Crippen molar-refractivity contribution >= 4 is 46.0 Å². The number of anilines is 1. The first kappa shape index (κ1) is 20.0. The molecule has 150 valence electrons. The Hall–Kier alpha value is -3.28. The number of benzene rings is 3. The van der Waals surface area contributed by atoms with Crippen molar-refractivity contribution in [1.29, 1.82) is 0 Å². The lowest BCUT2D eigenvalue weighted by molar-refractivity contribution is 0.215. The molecule has 5 nitrogen and oxygen atoms in total. The maximum atomic E-state index is 13.0. The zero-order valence-corrected chi connectivity index (χ0v) is 17.3. The molecule has 0 bridgehead atoms. The largest absolute Gasteiger partial charge is 0.460 e. The number of halogens is 2. The van der Waals surface area contributed by atoms with Crippen LogP contribution in [0.15, 0.2) is 75.9 Å². The van der Waals surface area contributed by atoms with Crippen molar-refractivity contribution in [3.05, 3.63) is 92.8 Å². The minimum absolute atomic E-state index is 0.147. The highest BCUT2D eigenvalue weighted by Crippen LogP contribution is 2.27. The third-order valence-corrected chi connectivity index (χ3v) is 5.22. The van der Waals surface area contributed by atoms with Gasteiger partial charge in [0.25, 0.3) is 0 Å². The van der Waals surface area contributed by atoms with Crippen molar-refractivity contribution in [3.8, 4) is 16.9 Å². The predicted octanol–water partition coefficient (Wildman–Crippen LogP) is 6.69. The Bertz CT molecular complexity index is 1320. The van der Waals surface area contributed by atoms with Gasteiger partial charge in [0.05, 0.1) is 21.0 Å². The maximum Gasteiger partial charge on any atom is 0.417 e. The van der Waals surface area contributed by atoms with Crippen LogP contribution in [0.5, 0.6) is 5.75 Å². The summed E-state index contributed by atoms with van der Waals surface area (Å²) in [5, 5.41) is 3.65. The summed E-state index contributed by atoms with van der Waals surface area (Å²) in [7, 11) is 0. The van der Waals surface area contributed by atoms with E-state index in [1.807, 2.05) is 30.3 Å². The van der Waals surface area contributed by atoms with E-state index in [9.17, 15) is 9.59 Å². The van der Waals surface area contributed by atoms with E-state index in [0.29, 0.717) is 38.0 Å². The molecule has 0 spiro atoms. The number of carbonyl (C=O) groups excluding carboxylic acids is 1. The fourth-order valence-corrected chi connectivity index (χ4v) is 3.41. The average molecular weight is 440 g/mol. The third-order valence-electron chi connectivity index (χ3n) is 4.48. The molecular formula is C23H15Cl2NO4. The molecule has 0 radical (unpaired) electrons. The number of rotatable bonds is 3. The van der Waals surface area contributed by atoms with Crippen molar-refractivity contribution in [2.24, 2.45) is 0 Å². The quantitative estimate of drug-likeness (QED) is 0.386. The van der Waals surface area contributed by atoms with Gasteiger partial charge in [-0.25, -0.2) is 4.79 Å². The van der Waals surface area contributed by atoms with Gasteiger partial charge in [-0.3, -0.25) is 10.1 Å². The highest BCUT2D eigenvalue weighted by atomic mass is 35.5. The van der Waals surface area contributed by atoms with Gasteiger partial charge in [0.15, 0.2) is 0 Å². The minimum Gasteiger partial charge on any atom is -0.460 e. The number of fused-ring (bicyclic) bond motifs is 1. The molecule has 1 amide bonds. The Morgan fingerprint density at radius 2 is 1.73 bits per heavy atom. The van der Waals surface area contributed by atoms with Crippen LogP contribution in [0, 0.1) is 6.92 Å². The first-order chi connectivity index (χ1) is 14.4. The first-order valence-electron chi connectivity index (χ1n) is 8.99. The fourth-order valence-electron chi connectivity index (χ4n) is 3.11.